The number of hydrogen-bond acceptors (Lipinski definition) is 4. The minimum atomic E-state index is -4.67. The van der Waals surface area contributed by atoms with Gasteiger partial charge in [-0.25, -0.2) is 4.18 Å². The Bertz CT molecular complexity index is 621. The summed E-state index contributed by atoms with van der Waals surface area (Å²) in [6, 6.07) is 8.85. The first-order valence-electron chi connectivity index (χ1n) is 7.09. The van der Waals surface area contributed by atoms with Gasteiger partial charge in [-0.05, 0) is 33.3 Å². The highest BCUT2D eigenvalue weighted by molar-refractivity contribution is 7.80. The van der Waals surface area contributed by atoms with Crippen LogP contribution in [-0.2, 0) is 25.4 Å². The fourth-order valence-corrected chi connectivity index (χ4v) is 4.29. The Labute approximate surface area is 131 Å². The van der Waals surface area contributed by atoms with Gasteiger partial charge in [-0.2, -0.15) is 8.42 Å². The van der Waals surface area contributed by atoms with Gasteiger partial charge in [0.1, 0.15) is 5.60 Å². The molecule has 22 heavy (non-hydrogen) atoms. The minimum absolute atomic E-state index is 0.150. The molecular formula is C15H22NO5S. The lowest BCUT2D eigenvalue weighted by atomic mass is 9.69. The standard InChI is InChI=1S/C15H22NO5S/c1-13(2)10-15(21-22(18,19)20,11-14(3,4)16(13)17)12-8-6-5-7-9-12/h5-9H,10-11H2,1-4H3,(H,18,19,20). The summed E-state index contributed by atoms with van der Waals surface area (Å²) in [5.41, 5.74) is -2.34. The Morgan fingerprint density at radius 2 is 1.50 bits per heavy atom. The van der Waals surface area contributed by atoms with Crippen LogP contribution in [0.3, 0.4) is 0 Å². The highest BCUT2D eigenvalue weighted by atomic mass is 32.3. The highest BCUT2D eigenvalue weighted by Gasteiger charge is 2.56. The van der Waals surface area contributed by atoms with Crippen LogP contribution in [0.25, 0.3) is 0 Å². The molecule has 0 bridgehead atoms. The molecule has 1 N–H and O–H groups in total. The van der Waals surface area contributed by atoms with Crippen LogP contribution in [0, 0.1) is 0 Å². The fraction of sp³-hybridized carbons (Fsp3) is 0.600. The van der Waals surface area contributed by atoms with Gasteiger partial charge in [0.05, 0.1) is 0 Å². The van der Waals surface area contributed by atoms with E-state index in [9.17, 15) is 18.2 Å². The molecule has 1 aliphatic rings. The van der Waals surface area contributed by atoms with Gasteiger partial charge in [0.2, 0.25) is 0 Å². The molecule has 1 fully saturated rings. The van der Waals surface area contributed by atoms with Crippen molar-refractivity contribution in [2.75, 3.05) is 0 Å². The Hall–Kier alpha value is -0.990. The van der Waals surface area contributed by atoms with Crippen LogP contribution in [0.5, 0.6) is 0 Å². The Kier molecular flexibility index (Phi) is 4.17. The monoisotopic (exact) mass is 328 g/mol. The first-order chi connectivity index (χ1) is 9.88. The maximum Gasteiger partial charge on any atom is 0.398 e. The molecule has 1 aromatic carbocycles. The van der Waals surface area contributed by atoms with Gasteiger partial charge >= 0.3 is 10.4 Å². The normalized spacial score (nSPS) is 24.1. The topological polar surface area (TPSA) is 86.7 Å². The zero-order valence-electron chi connectivity index (χ0n) is 13.2. The van der Waals surface area contributed by atoms with Crippen molar-refractivity contribution >= 4 is 10.4 Å². The summed E-state index contributed by atoms with van der Waals surface area (Å²) in [6.45, 7) is 6.97. The molecule has 0 aromatic heterocycles. The molecule has 0 aliphatic carbocycles. The zero-order chi connectivity index (χ0) is 16.8. The molecule has 2 rings (SSSR count). The van der Waals surface area contributed by atoms with Crippen LogP contribution in [0.4, 0.5) is 0 Å². The average molecular weight is 328 g/mol. The van der Waals surface area contributed by atoms with E-state index in [1.807, 2.05) is 6.07 Å². The number of piperidine rings is 1. The molecule has 0 atom stereocenters. The third-order valence-corrected chi connectivity index (χ3v) is 4.63. The van der Waals surface area contributed by atoms with Gasteiger partial charge in [-0.15, -0.1) is 10.3 Å². The van der Waals surface area contributed by atoms with Gasteiger partial charge in [-0.3, -0.25) is 4.55 Å². The first-order valence-corrected chi connectivity index (χ1v) is 8.46. The van der Waals surface area contributed by atoms with E-state index in [4.69, 9.17) is 4.18 Å². The zero-order valence-corrected chi connectivity index (χ0v) is 14.1. The number of hydroxylamine groups is 2. The van der Waals surface area contributed by atoms with Gasteiger partial charge < -0.3 is 0 Å². The molecule has 0 saturated carbocycles. The average Bonchev–Trinajstić information content (AvgIpc) is 2.34. The second kappa shape index (κ2) is 5.28. The molecule has 0 unspecified atom stereocenters. The molecule has 0 amide bonds. The van der Waals surface area contributed by atoms with Crippen molar-refractivity contribution in [2.45, 2.75) is 57.2 Å². The first kappa shape index (κ1) is 17.4. The molecule has 1 aromatic rings. The van der Waals surface area contributed by atoms with E-state index >= 15 is 0 Å². The van der Waals surface area contributed by atoms with Crippen molar-refractivity contribution in [3.63, 3.8) is 0 Å². The van der Waals surface area contributed by atoms with Crippen molar-refractivity contribution in [1.29, 1.82) is 0 Å². The Balaban J connectivity index is 2.60. The van der Waals surface area contributed by atoms with Crippen molar-refractivity contribution in [2.24, 2.45) is 0 Å². The molecule has 7 heteroatoms. The molecule has 123 valence electrons. The van der Waals surface area contributed by atoms with Gasteiger partial charge in [0.15, 0.2) is 0 Å². The summed E-state index contributed by atoms with van der Waals surface area (Å²) in [7, 11) is -4.67. The van der Waals surface area contributed by atoms with E-state index in [2.05, 4.69) is 0 Å². The number of benzene rings is 1. The second-order valence-electron chi connectivity index (χ2n) is 7.14. The van der Waals surface area contributed by atoms with Crippen molar-refractivity contribution < 1.29 is 22.4 Å². The lowest BCUT2D eigenvalue weighted by molar-refractivity contribution is -0.311. The van der Waals surface area contributed by atoms with Crippen molar-refractivity contribution in [1.82, 2.24) is 5.06 Å². The molecule has 6 nitrogen and oxygen atoms in total. The van der Waals surface area contributed by atoms with Gasteiger partial charge in [0, 0.05) is 23.9 Å². The highest BCUT2D eigenvalue weighted by Crippen LogP contribution is 2.50. The Morgan fingerprint density at radius 1 is 1.05 bits per heavy atom. The number of rotatable bonds is 3. The second-order valence-corrected chi connectivity index (χ2v) is 8.17. The smallest absolute Gasteiger partial charge is 0.264 e. The minimum Gasteiger partial charge on any atom is -0.264 e. The summed E-state index contributed by atoms with van der Waals surface area (Å²) >= 11 is 0. The summed E-state index contributed by atoms with van der Waals surface area (Å²) in [4.78, 5) is 0. The van der Waals surface area contributed by atoms with Crippen LogP contribution in [-0.4, -0.2) is 29.1 Å². The largest absolute Gasteiger partial charge is 0.398 e. The van der Waals surface area contributed by atoms with Gasteiger partial charge in [0.25, 0.3) is 0 Å². The van der Waals surface area contributed by atoms with Crippen LogP contribution < -0.4 is 0 Å². The molecule has 1 aliphatic heterocycles. The van der Waals surface area contributed by atoms with Crippen LogP contribution >= 0.6 is 0 Å². The van der Waals surface area contributed by atoms with E-state index in [1.54, 1.807) is 52.0 Å². The molecular weight excluding hydrogens is 306 g/mol. The van der Waals surface area contributed by atoms with E-state index in [-0.39, 0.29) is 12.8 Å². The quantitative estimate of drug-likeness (QED) is 0.862. The maximum atomic E-state index is 12.5. The molecule has 1 saturated heterocycles. The summed E-state index contributed by atoms with van der Waals surface area (Å²) in [5.74, 6) is 0. The lowest BCUT2D eigenvalue weighted by Gasteiger charge is -2.54. The molecule has 1 heterocycles. The van der Waals surface area contributed by atoms with E-state index < -0.39 is 27.1 Å². The van der Waals surface area contributed by atoms with E-state index in [0.29, 0.717) is 5.56 Å². The molecule has 1 radical (unpaired) electrons. The summed E-state index contributed by atoms with van der Waals surface area (Å²) in [5, 5.41) is 13.5. The van der Waals surface area contributed by atoms with Crippen LogP contribution in [0.1, 0.15) is 46.1 Å². The third-order valence-electron chi connectivity index (χ3n) is 4.10. The number of hydrogen-bond donors (Lipinski definition) is 1. The predicted octanol–water partition coefficient (Wildman–Crippen LogP) is 2.70. The Morgan fingerprint density at radius 3 is 1.91 bits per heavy atom. The summed E-state index contributed by atoms with van der Waals surface area (Å²) in [6.07, 6.45) is 0.299. The fourth-order valence-electron chi connectivity index (χ4n) is 3.68. The molecule has 0 spiro atoms. The van der Waals surface area contributed by atoms with Crippen LogP contribution in [0.15, 0.2) is 30.3 Å². The van der Waals surface area contributed by atoms with E-state index in [0.717, 1.165) is 5.06 Å². The van der Waals surface area contributed by atoms with Crippen molar-refractivity contribution in [3.8, 4) is 0 Å². The maximum absolute atomic E-state index is 12.5. The van der Waals surface area contributed by atoms with Gasteiger partial charge in [-0.1, -0.05) is 30.3 Å². The number of nitrogens with zero attached hydrogens (tertiary/aromatic N) is 1. The summed E-state index contributed by atoms with van der Waals surface area (Å²) < 4.78 is 37.2. The predicted molar refractivity (Wildman–Crippen MR) is 80.7 cm³/mol. The van der Waals surface area contributed by atoms with E-state index in [1.165, 1.54) is 0 Å². The third kappa shape index (κ3) is 3.33. The van der Waals surface area contributed by atoms with Crippen LogP contribution in [0.2, 0.25) is 0 Å². The van der Waals surface area contributed by atoms with Crippen molar-refractivity contribution in [3.05, 3.63) is 35.9 Å². The lowest BCUT2D eigenvalue weighted by Crippen LogP contribution is -2.63. The SMILES string of the molecule is CC1(C)CC(OS(=O)(=O)O)(c2ccccc2)CC(C)(C)N1[O].